The number of hydrogen-bond donors (Lipinski definition) is 0. The highest BCUT2D eigenvalue weighted by molar-refractivity contribution is 9.10. The van der Waals surface area contributed by atoms with E-state index in [1.165, 1.54) is 6.33 Å². The summed E-state index contributed by atoms with van der Waals surface area (Å²) in [6.07, 6.45) is 1.67. The van der Waals surface area contributed by atoms with Crippen molar-refractivity contribution in [1.82, 2.24) is 9.97 Å². The van der Waals surface area contributed by atoms with E-state index >= 15 is 0 Å². The molecule has 0 bridgehead atoms. The molecule has 2 aromatic rings. The third kappa shape index (κ3) is 3.03. The van der Waals surface area contributed by atoms with E-state index in [9.17, 15) is 0 Å². The van der Waals surface area contributed by atoms with Crippen LogP contribution < -0.4 is 4.74 Å². The number of para-hydroxylation sites is 1. The summed E-state index contributed by atoms with van der Waals surface area (Å²) in [5.41, 5.74) is 1.83. The number of hydrogen-bond acceptors (Lipinski definition) is 3. The van der Waals surface area contributed by atoms with Gasteiger partial charge in [0.05, 0.1) is 11.8 Å². The van der Waals surface area contributed by atoms with Crippen LogP contribution in [0.2, 0.25) is 0 Å². The number of halogens is 1. The summed E-state index contributed by atoms with van der Waals surface area (Å²) in [7, 11) is 0. The van der Waals surface area contributed by atoms with Gasteiger partial charge in [0.15, 0.2) is 0 Å². The molecule has 0 spiro atoms. The van der Waals surface area contributed by atoms with Gasteiger partial charge in [-0.05, 0) is 48.0 Å². The molecule has 0 aliphatic heterocycles. The van der Waals surface area contributed by atoms with Gasteiger partial charge in [0, 0.05) is 5.56 Å². The Labute approximate surface area is 109 Å². The minimum atomic E-state index is 0.140. The van der Waals surface area contributed by atoms with Crippen LogP contribution in [0, 0.1) is 0 Å². The highest BCUT2D eigenvalue weighted by Crippen LogP contribution is 2.29. The minimum absolute atomic E-state index is 0.140. The van der Waals surface area contributed by atoms with Crippen molar-refractivity contribution >= 4 is 15.9 Å². The smallest absolute Gasteiger partial charge is 0.129 e. The molecule has 0 aliphatic rings. The molecule has 1 aromatic carbocycles. The lowest BCUT2D eigenvalue weighted by atomic mass is 10.1. The van der Waals surface area contributed by atoms with Crippen molar-refractivity contribution in [2.24, 2.45) is 0 Å². The molecule has 2 rings (SSSR count). The van der Waals surface area contributed by atoms with Gasteiger partial charge >= 0.3 is 0 Å². The van der Waals surface area contributed by atoms with Crippen LogP contribution in [-0.4, -0.2) is 16.1 Å². The molecule has 3 nitrogen and oxygen atoms in total. The maximum absolute atomic E-state index is 5.76. The van der Waals surface area contributed by atoms with E-state index in [-0.39, 0.29) is 6.10 Å². The summed E-state index contributed by atoms with van der Waals surface area (Å²) >= 11 is 3.34. The molecular weight excluding hydrogens is 280 g/mol. The van der Waals surface area contributed by atoms with Crippen molar-refractivity contribution in [2.45, 2.75) is 20.0 Å². The first-order valence-electron chi connectivity index (χ1n) is 5.40. The lowest BCUT2D eigenvalue weighted by molar-refractivity contribution is 0.243. The van der Waals surface area contributed by atoms with E-state index < -0.39 is 0 Å². The highest BCUT2D eigenvalue weighted by Gasteiger charge is 2.08. The van der Waals surface area contributed by atoms with E-state index in [0.717, 1.165) is 21.6 Å². The molecule has 0 saturated heterocycles. The summed E-state index contributed by atoms with van der Waals surface area (Å²) in [4.78, 5) is 8.28. The Kier molecular flexibility index (Phi) is 3.74. The third-order valence-electron chi connectivity index (χ3n) is 2.16. The maximum atomic E-state index is 5.76. The second kappa shape index (κ2) is 5.27. The first kappa shape index (κ1) is 12.0. The van der Waals surface area contributed by atoms with Crippen molar-refractivity contribution < 1.29 is 4.74 Å². The Morgan fingerprint density at radius 3 is 2.65 bits per heavy atom. The Morgan fingerprint density at radius 2 is 1.94 bits per heavy atom. The fraction of sp³-hybridized carbons (Fsp3) is 0.231. The monoisotopic (exact) mass is 292 g/mol. The fourth-order valence-corrected chi connectivity index (χ4v) is 1.82. The van der Waals surface area contributed by atoms with Crippen LogP contribution in [0.25, 0.3) is 11.3 Å². The normalized spacial score (nSPS) is 10.6. The van der Waals surface area contributed by atoms with Crippen molar-refractivity contribution in [3.63, 3.8) is 0 Å². The van der Waals surface area contributed by atoms with Crippen LogP contribution in [0.15, 0.2) is 41.3 Å². The lowest BCUT2D eigenvalue weighted by Crippen LogP contribution is -2.06. The summed E-state index contributed by atoms with van der Waals surface area (Å²) in [5.74, 6) is 0.841. The van der Waals surface area contributed by atoms with E-state index in [0.29, 0.717) is 0 Å². The van der Waals surface area contributed by atoms with Gasteiger partial charge in [-0.3, -0.25) is 0 Å². The van der Waals surface area contributed by atoms with Crippen molar-refractivity contribution in [1.29, 1.82) is 0 Å². The van der Waals surface area contributed by atoms with E-state index in [4.69, 9.17) is 4.74 Å². The second-order valence-corrected chi connectivity index (χ2v) is 4.70. The second-order valence-electron chi connectivity index (χ2n) is 3.89. The van der Waals surface area contributed by atoms with Crippen LogP contribution in [0.3, 0.4) is 0 Å². The van der Waals surface area contributed by atoms with Crippen LogP contribution in [0.4, 0.5) is 0 Å². The van der Waals surface area contributed by atoms with Gasteiger partial charge in [-0.25, -0.2) is 9.97 Å². The predicted molar refractivity (Wildman–Crippen MR) is 70.9 cm³/mol. The van der Waals surface area contributed by atoms with Gasteiger partial charge in [0.1, 0.15) is 16.7 Å². The largest absolute Gasteiger partial charge is 0.490 e. The van der Waals surface area contributed by atoms with Gasteiger partial charge in [-0.2, -0.15) is 0 Å². The van der Waals surface area contributed by atoms with Crippen molar-refractivity contribution in [3.8, 4) is 17.0 Å². The first-order chi connectivity index (χ1) is 8.16. The zero-order valence-corrected chi connectivity index (χ0v) is 11.3. The summed E-state index contributed by atoms with van der Waals surface area (Å²) < 4.78 is 6.53. The molecule has 17 heavy (non-hydrogen) atoms. The molecule has 0 amide bonds. The van der Waals surface area contributed by atoms with Crippen LogP contribution in [0.1, 0.15) is 13.8 Å². The zero-order valence-electron chi connectivity index (χ0n) is 9.72. The predicted octanol–water partition coefficient (Wildman–Crippen LogP) is 3.69. The Morgan fingerprint density at radius 1 is 1.18 bits per heavy atom. The van der Waals surface area contributed by atoms with E-state index in [1.54, 1.807) is 0 Å². The molecule has 0 atom stereocenters. The average molecular weight is 293 g/mol. The Balaban J connectivity index is 2.44. The number of rotatable bonds is 3. The topological polar surface area (TPSA) is 35.0 Å². The van der Waals surface area contributed by atoms with Gasteiger partial charge in [-0.1, -0.05) is 12.1 Å². The number of nitrogens with zero attached hydrogens (tertiary/aromatic N) is 2. The molecule has 0 N–H and O–H groups in total. The van der Waals surface area contributed by atoms with Gasteiger partial charge in [0.2, 0.25) is 0 Å². The fourth-order valence-electron chi connectivity index (χ4n) is 1.52. The van der Waals surface area contributed by atoms with Crippen molar-refractivity contribution in [2.75, 3.05) is 0 Å². The van der Waals surface area contributed by atoms with Gasteiger partial charge < -0.3 is 4.74 Å². The molecule has 0 saturated carbocycles. The van der Waals surface area contributed by atoms with Gasteiger partial charge in [0.25, 0.3) is 0 Å². The third-order valence-corrected chi connectivity index (χ3v) is 2.59. The van der Waals surface area contributed by atoms with Crippen LogP contribution in [-0.2, 0) is 0 Å². The van der Waals surface area contributed by atoms with E-state index in [1.807, 2.05) is 44.2 Å². The van der Waals surface area contributed by atoms with Crippen LogP contribution in [0.5, 0.6) is 5.75 Å². The Hall–Kier alpha value is -1.42. The molecule has 0 unspecified atom stereocenters. The molecule has 88 valence electrons. The number of ether oxygens (including phenoxy) is 1. The summed E-state index contributed by atoms with van der Waals surface area (Å²) in [6.45, 7) is 4.01. The quantitative estimate of drug-likeness (QED) is 0.809. The number of benzene rings is 1. The maximum Gasteiger partial charge on any atom is 0.129 e. The molecular formula is C13H13BrN2O. The average Bonchev–Trinajstić information content (AvgIpc) is 2.29. The minimum Gasteiger partial charge on any atom is -0.490 e. The van der Waals surface area contributed by atoms with Crippen LogP contribution >= 0.6 is 15.9 Å². The Bertz CT molecular complexity index is 514. The molecule has 0 aliphatic carbocycles. The van der Waals surface area contributed by atoms with E-state index in [2.05, 4.69) is 25.9 Å². The molecule has 0 radical (unpaired) electrons. The van der Waals surface area contributed by atoms with Crippen molar-refractivity contribution in [3.05, 3.63) is 41.3 Å². The molecule has 4 heteroatoms. The SMILES string of the molecule is CC(C)Oc1ccccc1-c1cc(Br)ncn1. The number of aromatic nitrogens is 2. The summed E-state index contributed by atoms with van der Waals surface area (Å²) in [5, 5.41) is 0. The standard InChI is InChI=1S/C13H13BrN2O/c1-9(2)17-12-6-4-3-5-10(12)11-7-13(14)16-8-15-11/h3-9H,1-2H3. The zero-order chi connectivity index (χ0) is 12.3. The first-order valence-corrected chi connectivity index (χ1v) is 6.19. The lowest BCUT2D eigenvalue weighted by Gasteiger charge is -2.13. The summed E-state index contributed by atoms with van der Waals surface area (Å²) in [6, 6.07) is 9.75. The molecule has 0 fully saturated rings. The highest BCUT2D eigenvalue weighted by atomic mass is 79.9. The molecule has 1 heterocycles. The van der Waals surface area contributed by atoms with Gasteiger partial charge in [-0.15, -0.1) is 0 Å². The molecule has 1 aromatic heterocycles.